The van der Waals surface area contributed by atoms with Gasteiger partial charge in [-0.25, -0.2) is 4.79 Å². The third-order valence-electron chi connectivity index (χ3n) is 5.15. The predicted molar refractivity (Wildman–Crippen MR) is 119 cm³/mol. The highest BCUT2D eigenvalue weighted by molar-refractivity contribution is 5.94. The van der Waals surface area contributed by atoms with Crippen molar-refractivity contribution in [1.29, 1.82) is 0 Å². The molecule has 0 spiro atoms. The van der Waals surface area contributed by atoms with E-state index in [-0.39, 0.29) is 18.6 Å². The van der Waals surface area contributed by atoms with Crippen LogP contribution in [0.15, 0.2) is 42.5 Å². The molecule has 1 aliphatic rings. The van der Waals surface area contributed by atoms with E-state index in [0.717, 1.165) is 5.56 Å². The van der Waals surface area contributed by atoms with Gasteiger partial charge in [0.25, 0.3) is 5.91 Å². The molecule has 8 nitrogen and oxygen atoms in total. The van der Waals surface area contributed by atoms with Crippen LogP contribution in [0, 0.1) is 0 Å². The minimum absolute atomic E-state index is 0.0879. The smallest absolute Gasteiger partial charge is 0.409 e. The number of hydrogen-bond donors (Lipinski definition) is 0. The molecule has 1 heterocycles. The van der Waals surface area contributed by atoms with Crippen molar-refractivity contribution in [1.82, 2.24) is 9.80 Å². The number of amides is 2. The van der Waals surface area contributed by atoms with E-state index in [4.69, 9.17) is 18.9 Å². The van der Waals surface area contributed by atoms with Crippen LogP contribution < -0.4 is 14.2 Å². The van der Waals surface area contributed by atoms with Gasteiger partial charge in [0.15, 0.2) is 11.5 Å². The van der Waals surface area contributed by atoms with Crippen LogP contribution in [0.4, 0.5) is 4.79 Å². The highest BCUT2D eigenvalue weighted by atomic mass is 16.6. The van der Waals surface area contributed by atoms with Crippen LogP contribution in [0.1, 0.15) is 29.8 Å². The second-order valence-electron chi connectivity index (χ2n) is 7.17. The van der Waals surface area contributed by atoms with E-state index in [1.165, 1.54) is 0 Å². The number of methoxy groups -OCH3 is 1. The first-order valence-electron chi connectivity index (χ1n) is 10.8. The number of carbonyl (C=O) groups is 2. The fraction of sp³-hybridized carbons (Fsp3) is 0.417. The lowest BCUT2D eigenvalue weighted by Crippen LogP contribution is -2.50. The zero-order valence-corrected chi connectivity index (χ0v) is 18.8. The average Bonchev–Trinajstić information content (AvgIpc) is 2.83. The zero-order valence-electron chi connectivity index (χ0n) is 18.8. The van der Waals surface area contributed by atoms with Gasteiger partial charge in [-0.1, -0.05) is 12.1 Å². The van der Waals surface area contributed by atoms with Gasteiger partial charge in [-0.3, -0.25) is 4.79 Å². The second-order valence-corrected chi connectivity index (χ2v) is 7.17. The summed E-state index contributed by atoms with van der Waals surface area (Å²) in [5.74, 6) is 1.84. The number of piperazine rings is 1. The van der Waals surface area contributed by atoms with Gasteiger partial charge in [0.05, 0.1) is 20.3 Å². The molecule has 0 aromatic heterocycles. The number of rotatable bonds is 8. The van der Waals surface area contributed by atoms with Crippen LogP contribution in [0.3, 0.4) is 0 Å². The van der Waals surface area contributed by atoms with Gasteiger partial charge in [-0.05, 0) is 44.2 Å². The van der Waals surface area contributed by atoms with Crippen molar-refractivity contribution in [2.24, 2.45) is 0 Å². The van der Waals surface area contributed by atoms with Gasteiger partial charge in [-0.15, -0.1) is 0 Å². The minimum Gasteiger partial charge on any atom is -0.493 e. The predicted octanol–water partition coefficient (Wildman–Crippen LogP) is 3.59. The molecule has 32 heavy (non-hydrogen) atoms. The largest absolute Gasteiger partial charge is 0.493 e. The Bertz CT molecular complexity index is 924. The number of ether oxygens (including phenoxy) is 4. The summed E-state index contributed by atoms with van der Waals surface area (Å²) in [6.07, 6.45) is -0.337. The summed E-state index contributed by atoms with van der Waals surface area (Å²) in [5.41, 5.74) is 1.32. The lowest BCUT2D eigenvalue weighted by atomic mass is 10.1. The summed E-state index contributed by atoms with van der Waals surface area (Å²) in [6, 6.07) is 12.8. The molecule has 2 amide bonds. The van der Waals surface area contributed by atoms with Crippen molar-refractivity contribution in [3.63, 3.8) is 0 Å². The fourth-order valence-electron chi connectivity index (χ4n) is 3.50. The molecule has 2 aromatic carbocycles. The molecule has 0 saturated carbocycles. The topological polar surface area (TPSA) is 77.5 Å². The number of hydrogen-bond acceptors (Lipinski definition) is 6. The van der Waals surface area contributed by atoms with E-state index in [1.807, 2.05) is 31.2 Å². The Morgan fingerprint density at radius 1 is 0.844 bits per heavy atom. The van der Waals surface area contributed by atoms with E-state index in [1.54, 1.807) is 42.0 Å². The molecule has 8 heteroatoms. The normalized spacial score (nSPS) is 13.5. The lowest BCUT2D eigenvalue weighted by molar-refractivity contribution is 0.0570. The maximum atomic E-state index is 13.1. The summed E-state index contributed by atoms with van der Waals surface area (Å²) >= 11 is 0. The van der Waals surface area contributed by atoms with Crippen LogP contribution in [-0.2, 0) is 11.3 Å². The Labute approximate surface area is 188 Å². The van der Waals surface area contributed by atoms with Crippen molar-refractivity contribution in [3.05, 3.63) is 53.6 Å². The fourth-order valence-corrected chi connectivity index (χ4v) is 3.50. The van der Waals surface area contributed by atoms with E-state index in [9.17, 15) is 9.59 Å². The van der Waals surface area contributed by atoms with Gasteiger partial charge in [0.2, 0.25) is 0 Å². The first-order valence-corrected chi connectivity index (χ1v) is 10.8. The number of nitrogens with zero attached hydrogens (tertiary/aromatic N) is 2. The molecule has 0 N–H and O–H groups in total. The number of para-hydroxylation sites is 2. The molecule has 3 rings (SSSR count). The van der Waals surface area contributed by atoms with Crippen molar-refractivity contribution in [3.8, 4) is 17.2 Å². The Hall–Kier alpha value is -3.42. The van der Waals surface area contributed by atoms with Gasteiger partial charge >= 0.3 is 6.09 Å². The molecule has 1 fully saturated rings. The minimum atomic E-state index is -0.337. The van der Waals surface area contributed by atoms with Crippen molar-refractivity contribution < 1.29 is 28.5 Å². The summed E-state index contributed by atoms with van der Waals surface area (Å²) in [4.78, 5) is 28.3. The quantitative estimate of drug-likeness (QED) is 0.622. The molecule has 1 aliphatic heterocycles. The molecule has 2 aromatic rings. The first-order chi connectivity index (χ1) is 15.6. The standard InChI is InChI=1S/C24H30N2O6/c1-4-30-20-11-10-18(16-19(20)17-32-22-9-7-6-8-21(22)29-3)23(27)25-12-14-26(15-13-25)24(28)31-5-2/h6-11,16H,4-5,12-15,17H2,1-3H3. The maximum absolute atomic E-state index is 13.1. The monoisotopic (exact) mass is 442 g/mol. The van der Waals surface area contributed by atoms with E-state index in [2.05, 4.69) is 0 Å². The van der Waals surface area contributed by atoms with E-state index < -0.39 is 0 Å². The average molecular weight is 443 g/mol. The molecular formula is C24H30N2O6. The molecule has 0 unspecified atom stereocenters. The van der Waals surface area contributed by atoms with Gasteiger partial charge < -0.3 is 28.7 Å². The lowest BCUT2D eigenvalue weighted by Gasteiger charge is -2.34. The molecule has 0 radical (unpaired) electrons. The Morgan fingerprint density at radius 3 is 2.19 bits per heavy atom. The van der Waals surface area contributed by atoms with Crippen LogP contribution in [0.25, 0.3) is 0 Å². The summed E-state index contributed by atoms with van der Waals surface area (Å²) in [7, 11) is 1.59. The van der Waals surface area contributed by atoms with E-state index in [0.29, 0.717) is 62.2 Å². The molecule has 172 valence electrons. The highest BCUT2D eigenvalue weighted by Gasteiger charge is 2.26. The SMILES string of the molecule is CCOC(=O)N1CCN(C(=O)c2ccc(OCC)c(COc3ccccc3OC)c2)CC1. The van der Waals surface area contributed by atoms with Crippen LogP contribution >= 0.6 is 0 Å². The molecule has 0 aliphatic carbocycles. The molecular weight excluding hydrogens is 412 g/mol. The van der Waals surface area contributed by atoms with Gasteiger partial charge in [-0.2, -0.15) is 0 Å². The second kappa shape index (κ2) is 11.3. The number of carbonyl (C=O) groups excluding carboxylic acids is 2. The van der Waals surface area contributed by atoms with Crippen LogP contribution in [-0.4, -0.2) is 68.3 Å². The van der Waals surface area contributed by atoms with Crippen molar-refractivity contribution in [2.75, 3.05) is 46.5 Å². The third-order valence-corrected chi connectivity index (χ3v) is 5.15. The highest BCUT2D eigenvalue weighted by Crippen LogP contribution is 2.29. The van der Waals surface area contributed by atoms with Crippen LogP contribution in [0.5, 0.6) is 17.2 Å². The Morgan fingerprint density at radius 2 is 1.53 bits per heavy atom. The first kappa shape index (κ1) is 23.2. The summed E-state index contributed by atoms with van der Waals surface area (Å²) in [6.45, 7) is 6.57. The van der Waals surface area contributed by atoms with E-state index >= 15 is 0 Å². The number of benzene rings is 2. The van der Waals surface area contributed by atoms with Crippen LogP contribution in [0.2, 0.25) is 0 Å². The maximum Gasteiger partial charge on any atom is 0.409 e. The zero-order chi connectivity index (χ0) is 22.9. The molecule has 1 saturated heterocycles. The van der Waals surface area contributed by atoms with Crippen molar-refractivity contribution in [2.45, 2.75) is 20.5 Å². The van der Waals surface area contributed by atoms with Crippen molar-refractivity contribution >= 4 is 12.0 Å². The van der Waals surface area contributed by atoms with Gasteiger partial charge in [0, 0.05) is 37.3 Å². The summed E-state index contributed by atoms with van der Waals surface area (Å²) in [5, 5.41) is 0. The Kier molecular flexibility index (Phi) is 8.19. The molecule has 0 bridgehead atoms. The summed E-state index contributed by atoms with van der Waals surface area (Å²) < 4.78 is 22.1. The third kappa shape index (κ3) is 5.63. The van der Waals surface area contributed by atoms with Gasteiger partial charge in [0.1, 0.15) is 12.4 Å². The molecule has 0 atom stereocenters. The Balaban J connectivity index is 1.71.